The standard InChI is InChI=1S/C23H34N4O3.HI/c1-5-24-22(26-16-23(3,28)21-10-9-17(2)30-21)25-14-18-11-12-27(15-18)19-7-6-8-20(13-19)29-4;/h6-10,13,18,28H,5,11-12,14-16H2,1-4H3,(H2,24,25,26);1H. The van der Waals surface area contributed by atoms with Gasteiger partial charge in [0.25, 0.3) is 0 Å². The fourth-order valence-corrected chi connectivity index (χ4v) is 3.66. The number of methoxy groups -OCH3 is 1. The Labute approximate surface area is 202 Å². The molecule has 2 unspecified atom stereocenters. The third-order valence-electron chi connectivity index (χ3n) is 5.42. The van der Waals surface area contributed by atoms with Crippen molar-refractivity contribution in [1.82, 2.24) is 10.6 Å². The van der Waals surface area contributed by atoms with Crippen LogP contribution in [-0.4, -0.2) is 50.9 Å². The van der Waals surface area contributed by atoms with Gasteiger partial charge in [0.1, 0.15) is 22.9 Å². The second-order valence-electron chi connectivity index (χ2n) is 8.06. The Balaban J connectivity index is 0.00000341. The molecule has 2 heterocycles. The average Bonchev–Trinajstić information content (AvgIpc) is 3.40. The highest BCUT2D eigenvalue weighted by Crippen LogP contribution is 2.27. The molecule has 1 aliphatic rings. The summed E-state index contributed by atoms with van der Waals surface area (Å²) >= 11 is 0. The molecule has 1 aromatic carbocycles. The Kier molecular flexibility index (Phi) is 9.49. The highest BCUT2D eigenvalue weighted by molar-refractivity contribution is 14.0. The molecule has 0 amide bonds. The number of nitrogens with zero attached hydrogens (tertiary/aromatic N) is 2. The summed E-state index contributed by atoms with van der Waals surface area (Å²) in [5.41, 5.74) is 0.0508. The molecular formula is C23H35IN4O3. The summed E-state index contributed by atoms with van der Waals surface area (Å²) in [6, 6.07) is 11.9. The molecule has 2 aromatic rings. The maximum absolute atomic E-state index is 10.7. The number of aliphatic hydroxyl groups is 1. The third-order valence-corrected chi connectivity index (χ3v) is 5.42. The maximum Gasteiger partial charge on any atom is 0.191 e. The molecule has 7 nitrogen and oxygen atoms in total. The maximum atomic E-state index is 10.7. The van der Waals surface area contributed by atoms with Gasteiger partial charge in [-0.2, -0.15) is 0 Å². The van der Waals surface area contributed by atoms with E-state index in [1.54, 1.807) is 20.1 Å². The number of furan rings is 1. The number of aliphatic imine (C=N–C) groups is 1. The molecule has 0 bridgehead atoms. The first kappa shape index (κ1) is 25.3. The molecule has 0 saturated carbocycles. The number of hydrogen-bond acceptors (Lipinski definition) is 5. The Hall–Kier alpha value is -1.94. The summed E-state index contributed by atoms with van der Waals surface area (Å²) in [5, 5.41) is 17.4. The number of guanidine groups is 1. The van der Waals surface area contributed by atoms with Crippen LogP contribution >= 0.6 is 24.0 Å². The van der Waals surface area contributed by atoms with Crippen molar-refractivity contribution in [3.8, 4) is 5.75 Å². The average molecular weight is 542 g/mol. The minimum atomic E-state index is -1.15. The van der Waals surface area contributed by atoms with Crippen molar-refractivity contribution in [2.45, 2.75) is 32.8 Å². The van der Waals surface area contributed by atoms with Crippen LogP contribution in [0.1, 0.15) is 31.8 Å². The van der Waals surface area contributed by atoms with Crippen molar-refractivity contribution in [2.24, 2.45) is 10.9 Å². The van der Waals surface area contributed by atoms with Gasteiger partial charge in [-0.25, -0.2) is 4.99 Å². The molecular weight excluding hydrogens is 507 g/mol. The lowest BCUT2D eigenvalue weighted by molar-refractivity contribution is 0.0428. The van der Waals surface area contributed by atoms with Gasteiger partial charge in [-0.1, -0.05) is 6.07 Å². The smallest absolute Gasteiger partial charge is 0.191 e. The van der Waals surface area contributed by atoms with E-state index in [1.807, 2.05) is 32.0 Å². The Morgan fingerprint density at radius 3 is 2.81 bits per heavy atom. The molecule has 1 fully saturated rings. The quantitative estimate of drug-likeness (QED) is 0.269. The second-order valence-corrected chi connectivity index (χ2v) is 8.06. The zero-order valence-corrected chi connectivity index (χ0v) is 21.2. The van der Waals surface area contributed by atoms with Gasteiger partial charge in [0.05, 0.1) is 13.7 Å². The Morgan fingerprint density at radius 2 is 2.13 bits per heavy atom. The summed E-state index contributed by atoms with van der Waals surface area (Å²) in [6.45, 7) is 9.44. The minimum Gasteiger partial charge on any atom is -0.497 e. The van der Waals surface area contributed by atoms with Gasteiger partial charge in [0, 0.05) is 37.9 Å². The minimum absolute atomic E-state index is 0. The number of aryl methyl sites for hydroxylation is 1. The summed E-state index contributed by atoms with van der Waals surface area (Å²) in [5.74, 6) is 3.43. The number of nitrogens with one attached hydrogen (secondary N) is 2. The normalized spacial score (nSPS) is 18.3. The van der Waals surface area contributed by atoms with E-state index < -0.39 is 5.60 Å². The van der Waals surface area contributed by atoms with Crippen molar-refractivity contribution >= 4 is 35.6 Å². The SMILES string of the molecule is CCNC(=NCC(C)(O)c1ccc(C)o1)NCC1CCN(c2cccc(OC)c2)C1.I. The van der Waals surface area contributed by atoms with E-state index >= 15 is 0 Å². The van der Waals surface area contributed by atoms with Crippen molar-refractivity contribution in [3.05, 3.63) is 47.9 Å². The van der Waals surface area contributed by atoms with Crippen molar-refractivity contribution < 1.29 is 14.3 Å². The van der Waals surface area contributed by atoms with Crippen LogP contribution in [-0.2, 0) is 5.60 Å². The summed E-state index contributed by atoms with van der Waals surface area (Å²) in [7, 11) is 1.70. The lowest BCUT2D eigenvalue weighted by atomic mass is 10.0. The third kappa shape index (κ3) is 7.03. The summed E-state index contributed by atoms with van der Waals surface area (Å²) < 4.78 is 10.9. The fourth-order valence-electron chi connectivity index (χ4n) is 3.66. The molecule has 0 aliphatic carbocycles. The lowest BCUT2D eigenvalue weighted by Crippen LogP contribution is -2.41. The molecule has 172 valence electrons. The molecule has 0 radical (unpaired) electrons. The van der Waals surface area contributed by atoms with Crippen molar-refractivity contribution in [1.29, 1.82) is 0 Å². The molecule has 0 spiro atoms. The predicted octanol–water partition coefficient (Wildman–Crippen LogP) is 3.50. The van der Waals surface area contributed by atoms with Crippen molar-refractivity contribution in [3.63, 3.8) is 0 Å². The van der Waals surface area contributed by atoms with Crippen LogP contribution in [0.15, 0.2) is 45.8 Å². The van der Waals surface area contributed by atoms with E-state index in [2.05, 4.69) is 32.7 Å². The number of anilines is 1. The molecule has 31 heavy (non-hydrogen) atoms. The monoisotopic (exact) mass is 542 g/mol. The Bertz CT molecular complexity index is 853. The van der Waals surface area contributed by atoms with Crippen LogP contribution in [0.3, 0.4) is 0 Å². The first-order valence-electron chi connectivity index (χ1n) is 10.6. The zero-order valence-electron chi connectivity index (χ0n) is 18.9. The molecule has 3 N–H and O–H groups in total. The molecule has 8 heteroatoms. The molecule has 2 atom stereocenters. The largest absolute Gasteiger partial charge is 0.497 e. The zero-order chi connectivity index (χ0) is 21.6. The van der Waals surface area contributed by atoms with E-state index in [4.69, 9.17) is 9.15 Å². The number of halogens is 1. The highest BCUT2D eigenvalue weighted by atomic mass is 127. The predicted molar refractivity (Wildman–Crippen MR) is 136 cm³/mol. The van der Waals surface area contributed by atoms with E-state index in [-0.39, 0.29) is 30.5 Å². The van der Waals surface area contributed by atoms with Gasteiger partial charge in [-0.3, -0.25) is 0 Å². The van der Waals surface area contributed by atoms with Crippen LogP contribution in [0.5, 0.6) is 5.75 Å². The Morgan fingerprint density at radius 1 is 1.32 bits per heavy atom. The summed E-state index contributed by atoms with van der Waals surface area (Å²) in [6.07, 6.45) is 1.12. The van der Waals surface area contributed by atoms with Crippen LogP contribution in [0.25, 0.3) is 0 Å². The van der Waals surface area contributed by atoms with Gasteiger partial charge < -0.3 is 29.8 Å². The second kappa shape index (κ2) is 11.6. The van der Waals surface area contributed by atoms with Gasteiger partial charge in [-0.15, -0.1) is 24.0 Å². The first-order valence-corrected chi connectivity index (χ1v) is 10.6. The van der Waals surface area contributed by atoms with E-state index in [1.165, 1.54) is 5.69 Å². The van der Waals surface area contributed by atoms with Crippen LogP contribution in [0.4, 0.5) is 5.69 Å². The van der Waals surface area contributed by atoms with E-state index in [9.17, 15) is 5.11 Å². The summed E-state index contributed by atoms with van der Waals surface area (Å²) in [4.78, 5) is 6.98. The number of ether oxygens (including phenoxy) is 1. The van der Waals surface area contributed by atoms with Gasteiger partial charge in [-0.05, 0) is 57.4 Å². The number of hydrogen-bond donors (Lipinski definition) is 3. The van der Waals surface area contributed by atoms with Gasteiger partial charge in [0.2, 0.25) is 0 Å². The number of rotatable bonds is 8. The van der Waals surface area contributed by atoms with Crippen LogP contribution in [0.2, 0.25) is 0 Å². The van der Waals surface area contributed by atoms with E-state index in [0.29, 0.717) is 17.6 Å². The highest BCUT2D eigenvalue weighted by Gasteiger charge is 2.27. The van der Waals surface area contributed by atoms with Gasteiger partial charge >= 0.3 is 0 Å². The van der Waals surface area contributed by atoms with Crippen LogP contribution in [0, 0.1) is 12.8 Å². The molecule has 1 aliphatic heterocycles. The molecule has 3 rings (SSSR count). The topological polar surface area (TPSA) is 82.3 Å². The molecule has 1 saturated heterocycles. The first-order chi connectivity index (χ1) is 14.4. The van der Waals surface area contributed by atoms with Crippen molar-refractivity contribution in [2.75, 3.05) is 44.7 Å². The van der Waals surface area contributed by atoms with Gasteiger partial charge in [0.15, 0.2) is 5.96 Å². The van der Waals surface area contributed by atoms with Crippen LogP contribution < -0.4 is 20.3 Å². The van der Waals surface area contributed by atoms with E-state index in [0.717, 1.165) is 44.1 Å². The molecule has 1 aromatic heterocycles. The number of benzene rings is 1. The fraction of sp³-hybridized carbons (Fsp3) is 0.522. The lowest BCUT2D eigenvalue weighted by Gasteiger charge is -2.21.